The molecule has 0 unspecified atom stereocenters. The number of hydrogen-bond acceptors (Lipinski definition) is 2. The lowest BCUT2D eigenvalue weighted by Gasteiger charge is -2.23. The zero-order chi connectivity index (χ0) is 16.0. The van der Waals surface area contributed by atoms with Crippen LogP contribution in [-0.4, -0.2) is 23.9 Å². The van der Waals surface area contributed by atoms with Crippen molar-refractivity contribution in [2.24, 2.45) is 5.92 Å². The molecule has 0 radical (unpaired) electrons. The lowest BCUT2D eigenvalue weighted by atomic mass is 10.1. The van der Waals surface area contributed by atoms with Crippen molar-refractivity contribution in [2.45, 2.75) is 26.4 Å². The van der Waals surface area contributed by atoms with Crippen LogP contribution in [0.25, 0.3) is 0 Å². The summed E-state index contributed by atoms with van der Waals surface area (Å²) < 4.78 is 37.5. The number of nitrogens with zero attached hydrogens (tertiary/aromatic N) is 2. The molecule has 0 fully saturated rings. The Morgan fingerprint density at radius 3 is 2.29 bits per heavy atom. The van der Waals surface area contributed by atoms with Gasteiger partial charge in [-0.05, 0) is 30.2 Å². The quantitative estimate of drug-likeness (QED) is 0.831. The number of carbonyl (C=O) groups excluding carboxylic acids is 1. The average molecular weight is 298 g/mol. The molecule has 21 heavy (non-hydrogen) atoms. The zero-order valence-electron chi connectivity index (χ0n) is 11.9. The number of carbonyl (C=O) groups is 1. The second kappa shape index (κ2) is 7.11. The first-order valence-electron chi connectivity index (χ1n) is 6.59. The van der Waals surface area contributed by atoms with Gasteiger partial charge in [-0.3, -0.25) is 4.79 Å². The van der Waals surface area contributed by atoms with Crippen LogP contribution in [-0.2, 0) is 6.18 Å². The number of hydrogen-bond donors (Lipinski definition) is 0. The molecule has 1 aromatic rings. The van der Waals surface area contributed by atoms with Crippen LogP contribution in [0.2, 0.25) is 0 Å². The van der Waals surface area contributed by atoms with Crippen molar-refractivity contribution in [1.82, 2.24) is 4.90 Å². The van der Waals surface area contributed by atoms with E-state index in [0.29, 0.717) is 6.54 Å². The number of benzene rings is 1. The van der Waals surface area contributed by atoms with Gasteiger partial charge >= 0.3 is 6.18 Å². The molecule has 0 saturated carbocycles. The van der Waals surface area contributed by atoms with Crippen LogP contribution in [0.15, 0.2) is 24.3 Å². The Hall–Kier alpha value is -2.03. The van der Waals surface area contributed by atoms with Crippen molar-refractivity contribution in [3.63, 3.8) is 0 Å². The minimum absolute atomic E-state index is 0.194. The lowest BCUT2D eigenvalue weighted by molar-refractivity contribution is -0.137. The summed E-state index contributed by atoms with van der Waals surface area (Å²) in [5, 5.41) is 8.61. The maximum absolute atomic E-state index is 12.5. The van der Waals surface area contributed by atoms with Gasteiger partial charge in [0, 0.05) is 18.7 Å². The van der Waals surface area contributed by atoms with Crippen LogP contribution in [0.3, 0.4) is 0 Å². The Morgan fingerprint density at radius 2 is 1.86 bits per heavy atom. The number of amides is 1. The smallest absolute Gasteiger partial charge is 0.337 e. The normalized spacial score (nSPS) is 11.3. The Labute approximate surface area is 122 Å². The number of nitriles is 1. The molecular weight excluding hydrogens is 281 g/mol. The highest BCUT2D eigenvalue weighted by atomic mass is 19.4. The van der Waals surface area contributed by atoms with Gasteiger partial charge in [0.2, 0.25) is 0 Å². The molecule has 6 heteroatoms. The highest BCUT2D eigenvalue weighted by Crippen LogP contribution is 2.29. The van der Waals surface area contributed by atoms with Crippen molar-refractivity contribution in [2.75, 3.05) is 13.1 Å². The molecule has 0 atom stereocenters. The van der Waals surface area contributed by atoms with Crippen molar-refractivity contribution in [1.29, 1.82) is 5.26 Å². The predicted molar refractivity (Wildman–Crippen MR) is 72.4 cm³/mol. The first-order valence-corrected chi connectivity index (χ1v) is 6.59. The second-order valence-electron chi connectivity index (χ2n) is 5.13. The molecule has 3 nitrogen and oxygen atoms in total. The summed E-state index contributed by atoms with van der Waals surface area (Å²) in [6, 6.07) is 6.09. The zero-order valence-corrected chi connectivity index (χ0v) is 11.9. The fraction of sp³-hybridized carbons (Fsp3) is 0.467. The van der Waals surface area contributed by atoms with E-state index in [1.807, 2.05) is 19.9 Å². The van der Waals surface area contributed by atoms with E-state index in [1.165, 1.54) is 17.0 Å². The van der Waals surface area contributed by atoms with Crippen LogP contribution in [0.1, 0.15) is 36.2 Å². The first kappa shape index (κ1) is 17.0. The van der Waals surface area contributed by atoms with Gasteiger partial charge in [-0.2, -0.15) is 18.4 Å². The summed E-state index contributed by atoms with van der Waals surface area (Å²) in [5.41, 5.74) is -0.590. The highest BCUT2D eigenvalue weighted by Gasteiger charge is 2.30. The summed E-state index contributed by atoms with van der Waals surface area (Å²) >= 11 is 0. The van der Waals surface area contributed by atoms with Crippen molar-refractivity contribution in [3.8, 4) is 6.07 Å². The Morgan fingerprint density at radius 1 is 1.29 bits per heavy atom. The molecule has 1 rings (SSSR count). The Balaban J connectivity index is 2.90. The van der Waals surface area contributed by atoms with Crippen LogP contribution < -0.4 is 0 Å². The number of alkyl halides is 3. The fourth-order valence-corrected chi connectivity index (χ4v) is 1.89. The molecular formula is C15H17F3N2O. The van der Waals surface area contributed by atoms with E-state index in [4.69, 9.17) is 5.26 Å². The van der Waals surface area contributed by atoms with E-state index < -0.39 is 11.7 Å². The van der Waals surface area contributed by atoms with Gasteiger partial charge in [0.15, 0.2) is 0 Å². The predicted octanol–water partition coefficient (Wildman–Crippen LogP) is 3.72. The third-order valence-corrected chi connectivity index (χ3v) is 2.83. The minimum Gasteiger partial charge on any atom is -0.337 e. The maximum Gasteiger partial charge on any atom is 0.416 e. The van der Waals surface area contributed by atoms with Crippen LogP contribution in [0.5, 0.6) is 0 Å². The Bertz CT molecular complexity index is 515. The van der Waals surface area contributed by atoms with Crippen molar-refractivity contribution < 1.29 is 18.0 Å². The third-order valence-electron chi connectivity index (χ3n) is 2.83. The number of halogens is 3. The van der Waals surface area contributed by atoms with E-state index in [1.54, 1.807) is 0 Å². The SMILES string of the molecule is CC(C)CN(CCC#N)C(=O)c1ccc(C(F)(F)F)cc1. The molecule has 0 aliphatic rings. The summed E-state index contributed by atoms with van der Waals surface area (Å²) in [4.78, 5) is 13.8. The summed E-state index contributed by atoms with van der Waals surface area (Å²) in [6.07, 6.45) is -4.22. The molecule has 1 aromatic carbocycles. The third kappa shape index (κ3) is 5.10. The molecule has 0 N–H and O–H groups in total. The van der Waals surface area contributed by atoms with Gasteiger partial charge in [-0.15, -0.1) is 0 Å². The topological polar surface area (TPSA) is 44.1 Å². The summed E-state index contributed by atoms with van der Waals surface area (Å²) in [6.45, 7) is 4.59. The molecule has 0 aliphatic carbocycles. The molecule has 0 saturated heterocycles. The standard InChI is InChI=1S/C15H17F3N2O/c1-11(2)10-20(9-3-8-19)14(21)12-4-6-13(7-5-12)15(16,17)18/h4-7,11H,3,9-10H2,1-2H3. The lowest BCUT2D eigenvalue weighted by Crippen LogP contribution is -2.35. The Kier molecular flexibility index (Phi) is 5.77. The summed E-state index contributed by atoms with van der Waals surface area (Å²) in [5.74, 6) is -0.144. The van der Waals surface area contributed by atoms with E-state index in [-0.39, 0.29) is 30.4 Å². The molecule has 0 aromatic heterocycles. The maximum atomic E-state index is 12.5. The largest absolute Gasteiger partial charge is 0.416 e. The molecule has 0 heterocycles. The van der Waals surface area contributed by atoms with Gasteiger partial charge in [-0.25, -0.2) is 0 Å². The number of rotatable bonds is 5. The van der Waals surface area contributed by atoms with Crippen molar-refractivity contribution in [3.05, 3.63) is 35.4 Å². The monoisotopic (exact) mass is 298 g/mol. The first-order chi connectivity index (χ1) is 9.75. The van der Waals surface area contributed by atoms with Crippen LogP contribution in [0.4, 0.5) is 13.2 Å². The van der Waals surface area contributed by atoms with Crippen LogP contribution in [0, 0.1) is 17.2 Å². The second-order valence-corrected chi connectivity index (χ2v) is 5.13. The minimum atomic E-state index is -4.42. The summed E-state index contributed by atoms with van der Waals surface area (Å²) in [7, 11) is 0. The van der Waals surface area contributed by atoms with E-state index >= 15 is 0 Å². The van der Waals surface area contributed by atoms with E-state index in [2.05, 4.69) is 0 Å². The molecule has 0 spiro atoms. The van der Waals surface area contributed by atoms with Gasteiger partial charge in [0.05, 0.1) is 18.1 Å². The van der Waals surface area contributed by atoms with Crippen LogP contribution >= 0.6 is 0 Å². The van der Waals surface area contributed by atoms with Gasteiger partial charge in [0.25, 0.3) is 5.91 Å². The highest BCUT2D eigenvalue weighted by molar-refractivity contribution is 5.94. The average Bonchev–Trinajstić information content (AvgIpc) is 2.41. The molecule has 114 valence electrons. The van der Waals surface area contributed by atoms with Gasteiger partial charge in [-0.1, -0.05) is 13.8 Å². The van der Waals surface area contributed by atoms with Crippen molar-refractivity contribution >= 4 is 5.91 Å². The molecule has 0 bridgehead atoms. The van der Waals surface area contributed by atoms with Gasteiger partial charge < -0.3 is 4.90 Å². The van der Waals surface area contributed by atoms with E-state index in [0.717, 1.165) is 12.1 Å². The van der Waals surface area contributed by atoms with Gasteiger partial charge in [0.1, 0.15) is 0 Å². The molecule has 0 aliphatic heterocycles. The van der Waals surface area contributed by atoms with E-state index in [9.17, 15) is 18.0 Å². The molecule has 1 amide bonds. The fourth-order valence-electron chi connectivity index (χ4n) is 1.89.